The number of benzene rings is 6. The van der Waals surface area contributed by atoms with Gasteiger partial charge in [0.1, 0.15) is 24.7 Å². The summed E-state index contributed by atoms with van der Waals surface area (Å²) >= 11 is 0. The van der Waals surface area contributed by atoms with E-state index in [0.717, 1.165) is 22.6 Å². The second-order valence-electron chi connectivity index (χ2n) is 10.8. The van der Waals surface area contributed by atoms with Gasteiger partial charge in [-0.25, -0.2) is 0 Å². The second-order valence-corrected chi connectivity index (χ2v) is 10.8. The van der Waals surface area contributed by atoms with Gasteiger partial charge in [0.2, 0.25) is 0 Å². The van der Waals surface area contributed by atoms with Gasteiger partial charge in [-0.3, -0.25) is 0 Å². The maximum absolute atomic E-state index is 9.25. The van der Waals surface area contributed by atoms with Crippen LogP contribution in [0, 0.1) is 0 Å². The highest BCUT2D eigenvalue weighted by Gasteiger charge is 2.46. The summed E-state index contributed by atoms with van der Waals surface area (Å²) in [5.41, 5.74) is 8.89. The Hall–Kier alpha value is -4.90. The monoisotopic (exact) mass is 564 g/mol. The molecule has 6 aromatic rings. The summed E-state index contributed by atoms with van der Waals surface area (Å²) in [5, 5.41) is 20.9. The number of hydrogen-bond acceptors (Lipinski definition) is 4. The van der Waals surface area contributed by atoms with E-state index in [2.05, 4.69) is 109 Å². The maximum Gasteiger partial charge on any atom is 0.119 e. The van der Waals surface area contributed by atoms with Gasteiger partial charge in [-0.1, -0.05) is 97.1 Å². The van der Waals surface area contributed by atoms with Crippen LogP contribution in [0.4, 0.5) is 0 Å². The van der Waals surface area contributed by atoms with E-state index in [-0.39, 0.29) is 26.4 Å². The van der Waals surface area contributed by atoms with E-state index in [9.17, 15) is 10.2 Å². The average molecular weight is 565 g/mol. The van der Waals surface area contributed by atoms with Crippen molar-refractivity contribution in [3.05, 3.63) is 156 Å². The largest absolute Gasteiger partial charge is 0.491 e. The van der Waals surface area contributed by atoms with E-state index in [1.807, 2.05) is 24.3 Å². The highest BCUT2D eigenvalue weighted by molar-refractivity contribution is 5.91. The molecule has 0 heterocycles. The predicted molar refractivity (Wildman–Crippen MR) is 172 cm³/mol. The van der Waals surface area contributed by atoms with Gasteiger partial charge in [0, 0.05) is 0 Å². The fraction of sp³-hybridized carbons (Fsp3) is 0.128. The number of rotatable bonds is 9. The maximum atomic E-state index is 9.25. The minimum atomic E-state index is -0.571. The first kappa shape index (κ1) is 27.0. The van der Waals surface area contributed by atoms with Crippen molar-refractivity contribution in [1.82, 2.24) is 0 Å². The van der Waals surface area contributed by atoms with Gasteiger partial charge >= 0.3 is 0 Å². The molecule has 1 aliphatic rings. The Balaban J connectivity index is 1.43. The van der Waals surface area contributed by atoms with Crippen LogP contribution in [0.15, 0.2) is 133 Å². The molecule has 0 saturated heterocycles. The van der Waals surface area contributed by atoms with E-state index in [4.69, 9.17) is 9.47 Å². The Morgan fingerprint density at radius 3 is 1.65 bits per heavy atom. The van der Waals surface area contributed by atoms with Crippen molar-refractivity contribution in [3.8, 4) is 33.8 Å². The van der Waals surface area contributed by atoms with E-state index < -0.39 is 5.41 Å². The van der Waals surface area contributed by atoms with Crippen LogP contribution in [-0.4, -0.2) is 36.6 Å². The molecule has 0 saturated carbocycles. The van der Waals surface area contributed by atoms with Crippen LogP contribution in [0.5, 0.6) is 11.5 Å². The summed E-state index contributed by atoms with van der Waals surface area (Å²) in [6, 6.07) is 47.1. The Labute approximate surface area is 251 Å². The molecule has 0 fully saturated rings. The molecule has 43 heavy (non-hydrogen) atoms. The highest BCUT2D eigenvalue weighted by Crippen LogP contribution is 2.57. The fourth-order valence-electron chi connectivity index (χ4n) is 6.55. The Morgan fingerprint density at radius 2 is 1.00 bits per heavy atom. The molecule has 1 aliphatic carbocycles. The van der Waals surface area contributed by atoms with Gasteiger partial charge < -0.3 is 19.7 Å². The molecular weight excluding hydrogens is 532 g/mol. The van der Waals surface area contributed by atoms with Gasteiger partial charge in [-0.05, 0) is 91.7 Å². The van der Waals surface area contributed by atoms with Gasteiger partial charge in [0.15, 0.2) is 0 Å². The second kappa shape index (κ2) is 11.4. The molecule has 0 unspecified atom stereocenters. The molecule has 0 bridgehead atoms. The number of fused-ring (bicyclic) bond motifs is 4. The minimum absolute atomic E-state index is 0.0311. The van der Waals surface area contributed by atoms with Gasteiger partial charge in [-0.15, -0.1) is 0 Å². The molecule has 7 rings (SSSR count). The molecular formula is C39H32O4. The first-order chi connectivity index (χ1) is 21.2. The quantitative estimate of drug-likeness (QED) is 0.189. The predicted octanol–water partition coefficient (Wildman–Crippen LogP) is 7.61. The summed E-state index contributed by atoms with van der Waals surface area (Å²) in [7, 11) is 0. The van der Waals surface area contributed by atoms with Crippen molar-refractivity contribution in [2.24, 2.45) is 0 Å². The lowest BCUT2D eigenvalue weighted by atomic mass is 9.67. The van der Waals surface area contributed by atoms with Crippen LogP contribution in [0.25, 0.3) is 33.0 Å². The fourth-order valence-corrected chi connectivity index (χ4v) is 6.55. The smallest absolute Gasteiger partial charge is 0.119 e. The third-order valence-corrected chi connectivity index (χ3v) is 8.42. The lowest BCUT2D eigenvalue weighted by molar-refractivity contribution is 0.201. The molecule has 0 amide bonds. The summed E-state index contributed by atoms with van der Waals surface area (Å²) in [6.07, 6.45) is 0. The van der Waals surface area contributed by atoms with Gasteiger partial charge in [-0.2, -0.15) is 0 Å². The molecule has 0 aliphatic heterocycles. The molecule has 0 aromatic heterocycles. The lowest BCUT2D eigenvalue weighted by Crippen LogP contribution is -2.28. The van der Waals surface area contributed by atoms with E-state index in [1.54, 1.807) is 0 Å². The highest BCUT2D eigenvalue weighted by atomic mass is 16.5. The van der Waals surface area contributed by atoms with Gasteiger partial charge in [0.05, 0.1) is 18.6 Å². The molecule has 0 radical (unpaired) electrons. The van der Waals surface area contributed by atoms with E-state index >= 15 is 0 Å². The summed E-state index contributed by atoms with van der Waals surface area (Å²) in [6.45, 7) is 0.444. The van der Waals surface area contributed by atoms with E-state index in [1.165, 1.54) is 44.2 Å². The first-order valence-electron chi connectivity index (χ1n) is 14.6. The third kappa shape index (κ3) is 4.65. The molecule has 6 aromatic carbocycles. The summed E-state index contributed by atoms with van der Waals surface area (Å²) in [5.74, 6) is 1.44. The van der Waals surface area contributed by atoms with Gasteiger partial charge in [0.25, 0.3) is 0 Å². The topological polar surface area (TPSA) is 58.9 Å². The number of aliphatic hydroxyl groups is 2. The van der Waals surface area contributed by atoms with Crippen LogP contribution in [-0.2, 0) is 5.41 Å². The molecule has 4 nitrogen and oxygen atoms in total. The number of aliphatic hydroxyl groups excluding tert-OH is 2. The molecule has 0 spiro atoms. The molecule has 4 heteroatoms. The zero-order valence-electron chi connectivity index (χ0n) is 23.7. The molecule has 212 valence electrons. The Bertz CT molecular complexity index is 1840. The van der Waals surface area contributed by atoms with E-state index in [0.29, 0.717) is 0 Å². The van der Waals surface area contributed by atoms with Crippen molar-refractivity contribution in [1.29, 1.82) is 0 Å². The van der Waals surface area contributed by atoms with Crippen LogP contribution >= 0.6 is 0 Å². The third-order valence-electron chi connectivity index (χ3n) is 8.42. The average Bonchev–Trinajstić information content (AvgIpc) is 3.37. The first-order valence-corrected chi connectivity index (χ1v) is 14.6. The van der Waals surface area contributed by atoms with Crippen LogP contribution in [0.2, 0.25) is 0 Å². The van der Waals surface area contributed by atoms with Crippen molar-refractivity contribution in [3.63, 3.8) is 0 Å². The summed E-state index contributed by atoms with van der Waals surface area (Å²) in [4.78, 5) is 0. The Morgan fingerprint density at radius 1 is 0.465 bits per heavy atom. The van der Waals surface area contributed by atoms with Crippen molar-refractivity contribution >= 4 is 10.8 Å². The van der Waals surface area contributed by atoms with Crippen LogP contribution in [0.1, 0.15) is 22.3 Å². The molecule has 2 N–H and O–H groups in total. The van der Waals surface area contributed by atoms with Crippen LogP contribution < -0.4 is 9.47 Å². The van der Waals surface area contributed by atoms with Crippen molar-refractivity contribution in [2.75, 3.05) is 26.4 Å². The van der Waals surface area contributed by atoms with Crippen molar-refractivity contribution in [2.45, 2.75) is 5.41 Å². The summed E-state index contributed by atoms with van der Waals surface area (Å²) < 4.78 is 11.4. The number of ether oxygens (including phenoxy) is 2. The molecule has 0 atom stereocenters. The standard InChI is InChI=1S/C39H32O4/c40-21-23-42-33-16-12-31(13-17-33)39(32-14-18-34(19-15-32)43-24-22-41)37-8-4-3-7-35(37)36-26-30(11-20-38(36)39)29-10-9-27-5-1-2-6-28(27)25-29/h1-20,25-26,40-41H,21-24H2. The van der Waals surface area contributed by atoms with Crippen molar-refractivity contribution < 1.29 is 19.7 Å². The number of hydrogen-bond donors (Lipinski definition) is 2. The zero-order valence-corrected chi connectivity index (χ0v) is 23.7. The Kier molecular flexibility index (Phi) is 7.15. The zero-order chi connectivity index (χ0) is 29.2. The van der Waals surface area contributed by atoms with Crippen LogP contribution in [0.3, 0.4) is 0 Å². The minimum Gasteiger partial charge on any atom is -0.491 e. The normalized spacial score (nSPS) is 13.0. The lowest BCUT2D eigenvalue weighted by Gasteiger charge is -2.34. The SMILES string of the molecule is OCCOc1ccc(C2(c3ccc(OCCO)cc3)c3ccccc3-c3cc(-c4ccc5ccccc5c4)ccc32)cc1.